The summed E-state index contributed by atoms with van der Waals surface area (Å²) >= 11 is 0. The number of methoxy groups -OCH3 is 1. The Morgan fingerprint density at radius 2 is 2.05 bits per heavy atom. The molecule has 1 rings (SSSR count). The van der Waals surface area contributed by atoms with Gasteiger partial charge in [-0.1, -0.05) is 6.92 Å². The summed E-state index contributed by atoms with van der Waals surface area (Å²) in [6.07, 6.45) is 2.33. The summed E-state index contributed by atoms with van der Waals surface area (Å²) in [5.41, 5.74) is 5.47. The van der Waals surface area contributed by atoms with Crippen molar-refractivity contribution in [3.05, 3.63) is 0 Å². The van der Waals surface area contributed by atoms with E-state index in [2.05, 4.69) is 5.32 Å². The van der Waals surface area contributed by atoms with Gasteiger partial charge in [-0.15, -0.1) is 0 Å². The predicted molar refractivity (Wildman–Crippen MR) is 72.5 cm³/mol. The number of carbonyl (C=O) groups excluding carboxylic acids is 2. The second kappa shape index (κ2) is 8.12. The molecule has 6 heteroatoms. The number of rotatable bonds is 6. The molecule has 1 unspecified atom stereocenters. The summed E-state index contributed by atoms with van der Waals surface area (Å²) in [5.74, 6) is 0.0699. The third kappa shape index (κ3) is 5.16. The second-order valence-electron chi connectivity index (χ2n) is 5.08. The minimum absolute atomic E-state index is 0.00960. The van der Waals surface area contributed by atoms with Crippen LogP contribution in [0.5, 0.6) is 0 Å². The van der Waals surface area contributed by atoms with Crippen molar-refractivity contribution in [1.82, 2.24) is 10.2 Å². The predicted octanol–water partition coefficient (Wildman–Crippen LogP) is -0.275. The van der Waals surface area contributed by atoms with Gasteiger partial charge in [0.2, 0.25) is 11.8 Å². The van der Waals surface area contributed by atoms with E-state index in [1.165, 1.54) is 7.11 Å². The van der Waals surface area contributed by atoms with Gasteiger partial charge in [0.15, 0.2) is 0 Å². The number of likely N-dealkylation sites (tertiary alicyclic amines) is 1. The molecule has 1 fully saturated rings. The highest BCUT2D eigenvalue weighted by Crippen LogP contribution is 2.14. The Kier molecular flexibility index (Phi) is 6.80. The molecule has 19 heavy (non-hydrogen) atoms. The van der Waals surface area contributed by atoms with Crippen LogP contribution in [0.3, 0.4) is 0 Å². The van der Waals surface area contributed by atoms with Gasteiger partial charge in [-0.25, -0.2) is 0 Å². The van der Waals surface area contributed by atoms with Crippen LogP contribution in [0.25, 0.3) is 0 Å². The van der Waals surface area contributed by atoms with E-state index in [1.54, 1.807) is 0 Å². The zero-order valence-electron chi connectivity index (χ0n) is 11.9. The Hall–Kier alpha value is -1.14. The molecule has 0 aromatic carbocycles. The van der Waals surface area contributed by atoms with Crippen molar-refractivity contribution < 1.29 is 14.3 Å². The van der Waals surface area contributed by atoms with Gasteiger partial charge in [0, 0.05) is 32.2 Å². The normalized spacial score (nSPS) is 18.2. The van der Waals surface area contributed by atoms with Crippen LogP contribution in [0.1, 0.15) is 26.2 Å². The van der Waals surface area contributed by atoms with E-state index in [0.717, 1.165) is 19.3 Å². The molecule has 1 aliphatic rings. The van der Waals surface area contributed by atoms with E-state index >= 15 is 0 Å². The molecule has 1 heterocycles. The van der Waals surface area contributed by atoms with Crippen molar-refractivity contribution >= 4 is 11.8 Å². The highest BCUT2D eigenvalue weighted by Gasteiger charge is 2.26. The number of carbonyl (C=O) groups is 2. The number of hydrogen-bond acceptors (Lipinski definition) is 4. The average molecular weight is 271 g/mol. The summed E-state index contributed by atoms with van der Waals surface area (Å²) < 4.78 is 4.77. The van der Waals surface area contributed by atoms with Crippen molar-refractivity contribution in [3.63, 3.8) is 0 Å². The van der Waals surface area contributed by atoms with Crippen molar-refractivity contribution in [1.29, 1.82) is 0 Å². The van der Waals surface area contributed by atoms with Gasteiger partial charge in [0.1, 0.15) is 6.61 Å². The van der Waals surface area contributed by atoms with E-state index in [0.29, 0.717) is 19.6 Å². The lowest BCUT2D eigenvalue weighted by Gasteiger charge is -2.33. The SMILES string of the molecule is COCC(=O)NC1CCN(C(=O)C(C)CCN)CC1. The Labute approximate surface area is 114 Å². The Morgan fingerprint density at radius 3 is 2.58 bits per heavy atom. The largest absolute Gasteiger partial charge is 0.375 e. The van der Waals surface area contributed by atoms with Gasteiger partial charge >= 0.3 is 0 Å². The van der Waals surface area contributed by atoms with E-state index in [-0.39, 0.29) is 30.4 Å². The average Bonchev–Trinajstić information content (AvgIpc) is 2.39. The zero-order valence-corrected chi connectivity index (χ0v) is 11.9. The van der Waals surface area contributed by atoms with Crippen LogP contribution >= 0.6 is 0 Å². The summed E-state index contributed by atoms with van der Waals surface area (Å²) in [6.45, 7) is 3.95. The topological polar surface area (TPSA) is 84.7 Å². The number of nitrogens with two attached hydrogens (primary N) is 1. The zero-order chi connectivity index (χ0) is 14.3. The first kappa shape index (κ1) is 15.9. The maximum atomic E-state index is 12.1. The van der Waals surface area contributed by atoms with Gasteiger partial charge in [0.25, 0.3) is 0 Å². The summed E-state index contributed by atoms with van der Waals surface area (Å²) in [7, 11) is 1.50. The molecule has 1 saturated heterocycles. The van der Waals surface area contributed by atoms with Crippen LogP contribution in [0.4, 0.5) is 0 Å². The molecule has 0 aromatic rings. The molecular weight excluding hydrogens is 246 g/mol. The molecule has 1 aliphatic heterocycles. The number of piperidine rings is 1. The van der Waals surface area contributed by atoms with Gasteiger partial charge in [-0.3, -0.25) is 9.59 Å². The molecule has 0 aliphatic carbocycles. The fourth-order valence-corrected chi connectivity index (χ4v) is 2.33. The van der Waals surface area contributed by atoms with Crippen LogP contribution in [0.15, 0.2) is 0 Å². The Balaban J connectivity index is 2.32. The first-order chi connectivity index (χ1) is 9.08. The summed E-state index contributed by atoms with van der Waals surface area (Å²) in [6, 6.07) is 0.150. The standard InChI is InChI=1S/C13H25N3O3/c1-10(3-6-14)13(18)16-7-4-11(5-8-16)15-12(17)9-19-2/h10-11H,3-9,14H2,1-2H3,(H,15,17). The van der Waals surface area contributed by atoms with E-state index < -0.39 is 0 Å². The quantitative estimate of drug-likeness (QED) is 0.696. The first-order valence-corrected chi connectivity index (χ1v) is 6.85. The molecule has 0 spiro atoms. The van der Waals surface area contributed by atoms with Crippen molar-refractivity contribution in [3.8, 4) is 0 Å². The first-order valence-electron chi connectivity index (χ1n) is 6.85. The van der Waals surface area contributed by atoms with Crippen LogP contribution < -0.4 is 11.1 Å². The summed E-state index contributed by atoms with van der Waals surface area (Å²) in [5, 5.41) is 2.91. The fourth-order valence-electron chi connectivity index (χ4n) is 2.33. The van der Waals surface area contributed by atoms with E-state index in [9.17, 15) is 9.59 Å². The monoisotopic (exact) mass is 271 g/mol. The van der Waals surface area contributed by atoms with Crippen LogP contribution in [-0.4, -0.2) is 56.1 Å². The van der Waals surface area contributed by atoms with Gasteiger partial charge in [-0.05, 0) is 25.8 Å². The molecule has 1 atom stereocenters. The van der Waals surface area contributed by atoms with Crippen molar-refractivity contribution in [2.75, 3.05) is 33.4 Å². The van der Waals surface area contributed by atoms with E-state index in [1.807, 2.05) is 11.8 Å². The van der Waals surface area contributed by atoms with Crippen LogP contribution in [0.2, 0.25) is 0 Å². The Bertz CT molecular complexity index is 302. The highest BCUT2D eigenvalue weighted by atomic mass is 16.5. The maximum Gasteiger partial charge on any atom is 0.246 e. The van der Waals surface area contributed by atoms with Crippen molar-refractivity contribution in [2.24, 2.45) is 11.7 Å². The molecule has 0 aromatic heterocycles. The minimum atomic E-state index is -0.0937. The molecule has 110 valence electrons. The lowest BCUT2D eigenvalue weighted by molar-refractivity contribution is -0.136. The molecular formula is C13H25N3O3. The van der Waals surface area contributed by atoms with Gasteiger partial charge < -0.3 is 20.7 Å². The lowest BCUT2D eigenvalue weighted by atomic mass is 10.0. The number of nitrogens with one attached hydrogen (secondary N) is 1. The fraction of sp³-hybridized carbons (Fsp3) is 0.846. The second-order valence-corrected chi connectivity index (χ2v) is 5.08. The number of ether oxygens (including phenoxy) is 1. The third-order valence-corrected chi connectivity index (χ3v) is 3.47. The molecule has 2 amide bonds. The molecule has 0 radical (unpaired) electrons. The van der Waals surface area contributed by atoms with Crippen LogP contribution in [0, 0.1) is 5.92 Å². The molecule has 0 saturated carbocycles. The van der Waals surface area contributed by atoms with Gasteiger partial charge in [0.05, 0.1) is 0 Å². The van der Waals surface area contributed by atoms with Crippen molar-refractivity contribution in [2.45, 2.75) is 32.2 Å². The van der Waals surface area contributed by atoms with Crippen LogP contribution in [-0.2, 0) is 14.3 Å². The van der Waals surface area contributed by atoms with Gasteiger partial charge in [-0.2, -0.15) is 0 Å². The Morgan fingerprint density at radius 1 is 1.42 bits per heavy atom. The maximum absolute atomic E-state index is 12.1. The third-order valence-electron chi connectivity index (χ3n) is 3.47. The smallest absolute Gasteiger partial charge is 0.246 e. The number of hydrogen-bond donors (Lipinski definition) is 2. The van der Waals surface area contributed by atoms with E-state index in [4.69, 9.17) is 10.5 Å². The minimum Gasteiger partial charge on any atom is -0.375 e. The molecule has 3 N–H and O–H groups in total. The highest BCUT2D eigenvalue weighted by molar-refractivity contribution is 5.79. The lowest BCUT2D eigenvalue weighted by Crippen LogP contribution is -2.48. The summed E-state index contributed by atoms with van der Waals surface area (Å²) in [4.78, 5) is 25.3. The molecule has 0 bridgehead atoms. The molecule has 6 nitrogen and oxygen atoms in total. The number of amides is 2. The number of nitrogens with zero attached hydrogens (tertiary/aromatic N) is 1.